The fraction of sp³-hybridized carbons (Fsp3) is 0.688. The largest absolute Gasteiger partial charge is 0.354 e. The average molecular weight is 276 g/mol. The molecule has 0 saturated carbocycles. The Balaban J connectivity index is 1.96. The number of rotatable bonds is 5. The summed E-state index contributed by atoms with van der Waals surface area (Å²) >= 11 is 0. The minimum atomic E-state index is 0.210. The Bertz CT molecular complexity index is 413. The van der Waals surface area contributed by atoms with Gasteiger partial charge in [-0.2, -0.15) is 0 Å². The summed E-state index contributed by atoms with van der Waals surface area (Å²) in [6.45, 7) is 11.9. The van der Waals surface area contributed by atoms with E-state index in [0.29, 0.717) is 0 Å². The number of pyridine rings is 1. The lowest BCUT2D eigenvalue weighted by molar-refractivity contribution is 0.138. The number of hydrogen-bond donors (Lipinski definition) is 1. The molecule has 1 N–H and O–H groups in total. The van der Waals surface area contributed by atoms with Gasteiger partial charge < -0.3 is 10.2 Å². The highest BCUT2D eigenvalue weighted by Gasteiger charge is 2.31. The molecule has 0 aromatic carbocycles. The Kier molecular flexibility index (Phi) is 5.00. The van der Waals surface area contributed by atoms with Crippen molar-refractivity contribution in [2.75, 3.05) is 38.1 Å². The summed E-state index contributed by atoms with van der Waals surface area (Å²) in [5.41, 5.74) is 1.47. The molecule has 112 valence electrons. The highest BCUT2D eigenvalue weighted by molar-refractivity contribution is 5.40. The first-order valence-corrected chi connectivity index (χ1v) is 7.65. The zero-order valence-corrected chi connectivity index (χ0v) is 13.3. The van der Waals surface area contributed by atoms with E-state index in [2.05, 4.69) is 60.1 Å². The van der Waals surface area contributed by atoms with Crippen molar-refractivity contribution in [1.29, 1.82) is 0 Å². The quantitative estimate of drug-likeness (QED) is 0.835. The number of aromatic nitrogens is 1. The Morgan fingerprint density at radius 1 is 1.30 bits per heavy atom. The summed E-state index contributed by atoms with van der Waals surface area (Å²) in [6.07, 6.45) is 3.17. The summed E-state index contributed by atoms with van der Waals surface area (Å²) < 4.78 is 0. The van der Waals surface area contributed by atoms with Crippen LogP contribution in [0, 0.1) is 0 Å². The van der Waals surface area contributed by atoms with Crippen molar-refractivity contribution in [3.63, 3.8) is 0 Å². The van der Waals surface area contributed by atoms with Gasteiger partial charge in [-0.1, -0.05) is 13.0 Å². The molecular formula is C16H28N4. The lowest BCUT2D eigenvalue weighted by Gasteiger charge is -2.45. The number of hydrogen-bond acceptors (Lipinski definition) is 4. The summed E-state index contributed by atoms with van der Waals surface area (Å²) in [5, 5.41) is 3.41. The van der Waals surface area contributed by atoms with Gasteiger partial charge in [0.1, 0.15) is 5.82 Å². The molecule has 0 atom stereocenters. The molecule has 0 unspecified atom stereocenters. The molecule has 0 bridgehead atoms. The van der Waals surface area contributed by atoms with Crippen LogP contribution < -0.4 is 10.2 Å². The number of nitrogens with one attached hydrogen (secondary N) is 1. The lowest BCUT2D eigenvalue weighted by atomic mass is 10.00. The molecule has 1 fully saturated rings. The maximum Gasteiger partial charge on any atom is 0.128 e. The fourth-order valence-corrected chi connectivity index (χ4v) is 2.55. The fourth-order valence-electron chi connectivity index (χ4n) is 2.55. The van der Waals surface area contributed by atoms with E-state index < -0.39 is 0 Å². The number of anilines is 1. The number of likely N-dealkylation sites (N-methyl/N-ethyl adjacent to an activating group) is 1. The van der Waals surface area contributed by atoms with E-state index in [1.54, 1.807) is 0 Å². The van der Waals surface area contributed by atoms with Gasteiger partial charge in [-0.3, -0.25) is 4.90 Å². The maximum atomic E-state index is 4.64. The standard InChI is InChI=1S/C16H28N4/c1-5-8-17-11-14-6-7-15(18-12-14)20-10-9-19(4)16(2,3)13-20/h6-7,12,17H,5,8-11,13H2,1-4H3. The van der Waals surface area contributed by atoms with Crippen LogP contribution in [0.3, 0.4) is 0 Å². The molecule has 2 rings (SSSR count). The van der Waals surface area contributed by atoms with Crippen molar-refractivity contribution in [2.45, 2.75) is 39.3 Å². The van der Waals surface area contributed by atoms with Gasteiger partial charge in [-0.15, -0.1) is 0 Å². The molecule has 0 radical (unpaired) electrons. The van der Waals surface area contributed by atoms with Gasteiger partial charge in [0.25, 0.3) is 0 Å². The monoisotopic (exact) mass is 276 g/mol. The predicted molar refractivity (Wildman–Crippen MR) is 85.2 cm³/mol. The summed E-state index contributed by atoms with van der Waals surface area (Å²) in [4.78, 5) is 9.45. The van der Waals surface area contributed by atoms with E-state index in [4.69, 9.17) is 0 Å². The van der Waals surface area contributed by atoms with E-state index in [9.17, 15) is 0 Å². The molecule has 0 aliphatic carbocycles. The van der Waals surface area contributed by atoms with Gasteiger partial charge in [-0.05, 0) is 45.5 Å². The van der Waals surface area contributed by atoms with Crippen molar-refractivity contribution >= 4 is 5.82 Å². The molecule has 4 heteroatoms. The van der Waals surface area contributed by atoms with E-state index in [0.717, 1.165) is 38.5 Å². The van der Waals surface area contributed by atoms with Crippen LogP contribution in [0.4, 0.5) is 5.82 Å². The van der Waals surface area contributed by atoms with Crippen LogP contribution in [0.15, 0.2) is 18.3 Å². The minimum absolute atomic E-state index is 0.210. The number of piperazine rings is 1. The first kappa shape index (κ1) is 15.3. The Hall–Kier alpha value is -1.13. The Labute approximate surface area is 123 Å². The molecule has 1 saturated heterocycles. The highest BCUT2D eigenvalue weighted by Crippen LogP contribution is 2.22. The van der Waals surface area contributed by atoms with Crippen LogP contribution in [0.5, 0.6) is 0 Å². The van der Waals surface area contributed by atoms with Gasteiger partial charge in [0.15, 0.2) is 0 Å². The van der Waals surface area contributed by atoms with Crippen LogP contribution in [-0.4, -0.2) is 48.6 Å². The van der Waals surface area contributed by atoms with Gasteiger partial charge in [0.05, 0.1) is 0 Å². The SMILES string of the molecule is CCCNCc1ccc(N2CCN(C)C(C)(C)C2)nc1. The van der Waals surface area contributed by atoms with Crippen molar-refractivity contribution in [3.05, 3.63) is 23.9 Å². The molecule has 1 aliphatic rings. The number of nitrogens with zero attached hydrogens (tertiary/aromatic N) is 3. The molecule has 1 aromatic heterocycles. The van der Waals surface area contributed by atoms with Crippen LogP contribution in [-0.2, 0) is 6.54 Å². The average Bonchev–Trinajstić information content (AvgIpc) is 2.43. The van der Waals surface area contributed by atoms with Gasteiger partial charge >= 0.3 is 0 Å². The molecule has 2 heterocycles. The maximum absolute atomic E-state index is 4.64. The van der Waals surface area contributed by atoms with Crippen LogP contribution in [0.1, 0.15) is 32.8 Å². The van der Waals surface area contributed by atoms with E-state index >= 15 is 0 Å². The molecule has 20 heavy (non-hydrogen) atoms. The van der Waals surface area contributed by atoms with Crippen molar-refractivity contribution in [2.24, 2.45) is 0 Å². The van der Waals surface area contributed by atoms with E-state index in [1.807, 2.05) is 6.20 Å². The topological polar surface area (TPSA) is 31.4 Å². The van der Waals surface area contributed by atoms with Gasteiger partial charge in [0.2, 0.25) is 0 Å². The van der Waals surface area contributed by atoms with E-state index in [-0.39, 0.29) is 5.54 Å². The van der Waals surface area contributed by atoms with Crippen LogP contribution in [0.2, 0.25) is 0 Å². The molecule has 4 nitrogen and oxygen atoms in total. The zero-order chi connectivity index (χ0) is 14.6. The highest BCUT2D eigenvalue weighted by atomic mass is 15.3. The normalized spacial score (nSPS) is 19.3. The second kappa shape index (κ2) is 6.55. The van der Waals surface area contributed by atoms with E-state index in [1.165, 1.54) is 12.0 Å². The van der Waals surface area contributed by atoms with Crippen molar-refractivity contribution in [3.8, 4) is 0 Å². The molecule has 1 aliphatic heterocycles. The van der Waals surface area contributed by atoms with Crippen LogP contribution >= 0.6 is 0 Å². The first-order chi connectivity index (χ1) is 9.53. The summed E-state index contributed by atoms with van der Waals surface area (Å²) in [5.74, 6) is 1.10. The Morgan fingerprint density at radius 3 is 2.70 bits per heavy atom. The summed E-state index contributed by atoms with van der Waals surface area (Å²) in [7, 11) is 2.20. The van der Waals surface area contributed by atoms with Crippen molar-refractivity contribution < 1.29 is 0 Å². The second-order valence-corrected chi connectivity index (χ2v) is 6.36. The third-order valence-corrected chi connectivity index (χ3v) is 4.21. The lowest BCUT2D eigenvalue weighted by Crippen LogP contribution is -2.57. The van der Waals surface area contributed by atoms with Crippen molar-refractivity contribution in [1.82, 2.24) is 15.2 Å². The summed E-state index contributed by atoms with van der Waals surface area (Å²) in [6, 6.07) is 4.35. The van der Waals surface area contributed by atoms with Gasteiger partial charge in [0, 0.05) is 37.9 Å². The Morgan fingerprint density at radius 2 is 2.10 bits per heavy atom. The predicted octanol–water partition coefficient (Wildman–Crippen LogP) is 2.11. The molecule has 0 spiro atoms. The third kappa shape index (κ3) is 3.70. The molecule has 1 aromatic rings. The third-order valence-electron chi connectivity index (χ3n) is 4.21. The minimum Gasteiger partial charge on any atom is -0.354 e. The zero-order valence-electron chi connectivity index (χ0n) is 13.3. The second-order valence-electron chi connectivity index (χ2n) is 6.36. The smallest absolute Gasteiger partial charge is 0.128 e. The molecule has 0 amide bonds. The molecular weight excluding hydrogens is 248 g/mol. The first-order valence-electron chi connectivity index (χ1n) is 7.65. The van der Waals surface area contributed by atoms with Gasteiger partial charge in [-0.25, -0.2) is 4.98 Å². The van der Waals surface area contributed by atoms with Crippen LogP contribution in [0.25, 0.3) is 0 Å².